The molecule has 5 rings (SSSR count). The lowest BCUT2D eigenvalue weighted by atomic mass is 9.76. The Kier molecular flexibility index (Phi) is 13.3. The van der Waals surface area contributed by atoms with E-state index in [1.165, 1.54) is 12.5 Å². The molecule has 14 heteroatoms. The van der Waals surface area contributed by atoms with Crippen LogP contribution in [-0.4, -0.2) is 78.7 Å². The van der Waals surface area contributed by atoms with Crippen LogP contribution in [0.4, 0.5) is 19.7 Å². The third kappa shape index (κ3) is 10.6. The second kappa shape index (κ2) is 17.6. The number of esters is 1. The second-order valence-corrected chi connectivity index (χ2v) is 15.8. The topological polar surface area (TPSA) is 163 Å². The number of fused-ring (bicyclic) bond motifs is 1. The van der Waals surface area contributed by atoms with Gasteiger partial charge >= 0.3 is 18.2 Å². The number of halogens is 1. The van der Waals surface area contributed by atoms with Crippen LogP contribution in [0.25, 0.3) is 11.0 Å². The number of hydrogen-bond acceptors (Lipinski definition) is 10. The number of nitrogens with one attached hydrogen (secondary N) is 2. The predicted octanol–water partition coefficient (Wildman–Crippen LogP) is 7.51. The summed E-state index contributed by atoms with van der Waals surface area (Å²) in [6.07, 6.45) is 6.44. The Hall–Kier alpha value is -4.36. The fraction of sp³-hybridized carbons (Fsp3) is 0.667. The van der Waals surface area contributed by atoms with E-state index in [1.54, 1.807) is 57.7 Å². The molecule has 2 aromatic rings. The maximum absolute atomic E-state index is 14.2. The molecule has 3 atom stereocenters. The van der Waals surface area contributed by atoms with Crippen molar-refractivity contribution >= 4 is 46.7 Å². The minimum Gasteiger partial charge on any atom is -0.449 e. The van der Waals surface area contributed by atoms with E-state index < -0.39 is 49.4 Å². The van der Waals surface area contributed by atoms with Crippen LogP contribution in [0.1, 0.15) is 109 Å². The fourth-order valence-electron chi connectivity index (χ4n) is 8.07. The molecule has 0 radical (unpaired) electrons. The van der Waals surface area contributed by atoms with E-state index in [-0.39, 0.29) is 41.4 Å². The van der Waals surface area contributed by atoms with Crippen molar-refractivity contribution in [2.75, 3.05) is 25.3 Å². The number of nitrogens with zero attached hydrogens (tertiary/aromatic N) is 1. The highest BCUT2D eigenvalue weighted by atomic mass is 19.1. The standard InChI is InChI=1S/C39H54FN3O10/c1-23(2)51-38(48)50-22-49-36(46)32-20-27-19-28(15-16-31(27)52-32)41-34(44)33-29(24-9-7-6-8-10-24)17-18-43(33)35(45)26-13-11-25(12-14-26)30(21-40)42-37(47)53-39(3,4)5/h15-16,19-20,23-26,29-30,33H,6-14,17-18,21-22H2,1-5H3,(H,41,44)(H,42,47)/t25?,26?,29-,30?,33-/m0/s1. The SMILES string of the molecule is CC(C)OC(=O)OCOC(=O)c1cc2cc(NC(=O)[C@@H]3[C@H](C4CCCCC4)CCN3C(=O)C3CCC(C(CF)NC(=O)OC(C)(C)C)CC3)ccc2o1. The van der Waals surface area contributed by atoms with Gasteiger partial charge in [-0.3, -0.25) is 9.59 Å². The summed E-state index contributed by atoms with van der Waals surface area (Å²) >= 11 is 0. The maximum atomic E-state index is 14.2. The molecule has 292 valence electrons. The van der Waals surface area contributed by atoms with Gasteiger partial charge in [0, 0.05) is 23.5 Å². The van der Waals surface area contributed by atoms with Gasteiger partial charge in [0.15, 0.2) is 0 Å². The first-order valence-electron chi connectivity index (χ1n) is 18.9. The number of rotatable bonds is 11. The highest BCUT2D eigenvalue weighted by Crippen LogP contribution is 2.41. The molecule has 2 heterocycles. The van der Waals surface area contributed by atoms with Gasteiger partial charge < -0.3 is 38.9 Å². The Bertz CT molecular complexity index is 1610. The zero-order chi connectivity index (χ0) is 38.3. The highest BCUT2D eigenvalue weighted by molar-refractivity contribution is 6.00. The van der Waals surface area contributed by atoms with Crippen molar-refractivity contribution in [2.24, 2.45) is 23.7 Å². The highest BCUT2D eigenvalue weighted by Gasteiger charge is 2.47. The van der Waals surface area contributed by atoms with E-state index in [1.807, 2.05) is 0 Å². The van der Waals surface area contributed by atoms with Crippen molar-refractivity contribution in [1.82, 2.24) is 10.2 Å². The number of anilines is 1. The van der Waals surface area contributed by atoms with E-state index in [0.29, 0.717) is 54.8 Å². The third-order valence-corrected chi connectivity index (χ3v) is 10.5. The summed E-state index contributed by atoms with van der Waals surface area (Å²) in [6, 6.07) is 5.15. The summed E-state index contributed by atoms with van der Waals surface area (Å²) in [7, 11) is 0. The number of furan rings is 1. The minimum atomic E-state index is -0.963. The lowest BCUT2D eigenvalue weighted by Gasteiger charge is -2.37. The third-order valence-electron chi connectivity index (χ3n) is 10.5. The summed E-state index contributed by atoms with van der Waals surface area (Å²) in [5.41, 5.74) is 0.178. The summed E-state index contributed by atoms with van der Waals surface area (Å²) < 4.78 is 39.6. The predicted molar refractivity (Wildman–Crippen MR) is 193 cm³/mol. The number of hydrogen-bond donors (Lipinski definition) is 2. The molecule has 1 aromatic carbocycles. The van der Waals surface area contributed by atoms with Gasteiger partial charge in [0.25, 0.3) is 0 Å². The van der Waals surface area contributed by atoms with Crippen LogP contribution in [0.2, 0.25) is 0 Å². The van der Waals surface area contributed by atoms with Crippen LogP contribution in [0.3, 0.4) is 0 Å². The Balaban J connectivity index is 1.23. The lowest BCUT2D eigenvalue weighted by Crippen LogP contribution is -2.50. The lowest BCUT2D eigenvalue weighted by molar-refractivity contribution is -0.142. The number of alkyl halides is 1. The zero-order valence-corrected chi connectivity index (χ0v) is 31.5. The number of ether oxygens (including phenoxy) is 4. The van der Waals surface area contributed by atoms with Crippen molar-refractivity contribution in [2.45, 2.75) is 123 Å². The van der Waals surface area contributed by atoms with Crippen LogP contribution in [0.5, 0.6) is 0 Å². The van der Waals surface area contributed by atoms with E-state index in [4.69, 9.17) is 23.4 Å². The number of likely N-dealkylation sites (tertiary alicyclic amines) is 1. The Morgan fingerprint density at radius 3 is 2.32 bits per heavy atom. The first-order valence-corrected chi connectivity index (χ1v) is 18.9. The molecule has 0 spiro atoms. The molecule has 13 nitrogen and oxygen atoms in total. The average molecular weight is 744 g/mol. The molecule has 3 fully saturated rings. The van der Waals surface area contributed by atoms with Crippen LogP contribution in [0, 0.1) is 23.7 Å². The number of amides is 3. The van der Waals surface area contributed by atoms with E-state index in [9.17, 15) is 28.4 Å². The van der Waals surface area contributed by atoms with Crippen LogP contribution < -0.4 is 10.6 Å². The molecule has 1 aromatic heterocycles. The normalized spacial score (nSPS) is 23.0. The Morgan fingerprint density at radius 2 is 1.66 bits per heavy atom. The zero-order valence-electron chi connectivity index (χ0n) is 31.5. The van der Waals surface area contributed by atoms with E-state index >= 15 is 0 Å². The van der Waals surface area contributed by atoms with Crippen molar-refractivity contribution in [3.63, 3.8) is 0 Å². The van der Waals surface area contributed by atoms with Gasteiger partial charge in [0.2, 0.25) is 24.4 Å². The van der Waals surface area contributed by atoms with Gasteiger partial charge in [-0.15, -0.1) is 0 Å². The van der Waals surface area contributed by atoms with Gasteiger partial charge in [0.05, 0.1) is 12.1 Å². The Morgan fingerprint density at radius 1 is 0.943 bits per heavy atom. The van der Waals surface area contributed by atoms with Crippen molar-refractivity contribution in [1.29, 1.82) is 0 Å². The van der Waals surface area contributed by atoms with Gasteiger partial charge in [-0.2, -0.15) is 0 Å². The molecule has 2 aliphatic carbocycles. The molecule has 3 amide bonds. The van der Waals surface area contributed by atoms with Crippen LogP contribution in [0.15, 0.2) is 28.7 Å². The Labute approximate surface area is 309 Å². The molecule has 1 saturated heterocycles. The molecule has 2 N–H and O–H groups in total. The maximum Gasteiger partial charge on any atom is 0.511 e. The minimum absolute atomic E-state index is 0.0311. The number of benzene rings is 1. The summed E-state index contributed by atoms with van der Waals surface area (Å²) in [6.45, 7) is 7.71. The monoisotopic (exact) mass is 743 g/mol. The number of alkyl carbamates (subject to hydrolysis) is 1. The molecule has 1 aliphatic heterocycles. The molecule has 0 bridgehead atoms. The van der Waals surface area contributed by atoms with Crippen LogP contribution in [-0.2, 0) is 28.5 Å². The first kappa shape index (κ1) is 39.8. The van der Waals surface area contributed by atoms with Crippen LogP contribution >= 0.6 is 0 Å². The molecular weight excluding hydrogens is 689 g/mol. The molecule has 53 heavy (non-hydrogen) atoms. The number of carbonyl (C=O) groups is 5. The van der Waals surface area contributed by atoms with Crippen molar-refractivity contribution in [3.8, 4) is 0 Å². The summed E-state index contributed by atoms with van der Waals surface area (Å²) in [5, 5.41) is 6.27. The quantitative estimate of drug-likeness (QED) is 0.134. The molecular formula is C39H54FN3O10. The fourth-order valence-corrected chi connectivity index (χ4v) is 8.07. The van der Waals surface area contributed by atoms with Gasteiger partial charge in [-0.05, 0) is 109 Å². The van der Waals surface area contributed by atoms with E-state index in [0.717, 1.165) is 32.1 Å². The number of carbonyl (C=O) groups excluding carboxylic acids is 5. The second-order valence-electron chi connectivity index (χ2n) is 15.8. The van der Waals surface area contributed by atoms with Crippen molar-refractivity contribution in [3.05, 3.63) is 30.0 Å². The van der Waals surface area contributed by atoms with E-state index in [2.05, 4.69) is 10.6 Å². The molecule has 1 unspecified atom stereocenters. The average Bonchev–Trinajstić information content (AvgIpc) is 3.75. The largest absolute Gasteiger partial charge is 0.511 e. The summed E-state index contributed by atoms with van der Waals surface area (Å²) in [5.74, 6) is -1.29. The van der Waals surface area contributed by atoms with Gasteiger partial charge in [-0.1, -0.05) is 32.1 Å². The first-order chi connectivity index (χ1) is 25.2. The van der Waals surface area contributed by atoms with Gasteiger partial charge in [-0.25, -0.2) is 18.8 Å². The smallest absolute Gasteiger partial charge is 0.449 e. The van der Waals surface area contributed by atoms with Crippen molar-refractivity contribution < 1.29 is 51.7 Å². The molecule has 2 saturated carbocycles. The van der Waals surface area contributed by atoms with Gasteiger partial charge in [0.1, 0.15) is 23.9 Å². The molecule has 3 aliphatic rings. The summed E-state index contributed by atoms with van der Waals surface area (Å²) in [4.78, 5) is 66.5.